The number of alkyl halides is 2. The largest absolute Gasteiger partial charge is 0.444 e. The first-order valence-electron chi connectivity index (χ1n) is 8.93. The van der Waals surface area contributed by atoms with Crippen LogP contribution >= 0.6 is 0 Å². The van der Waals surface area contributed by atoms with Crippen LogP contribution < -0.4 is 10.1 Å². The van der Waals surface area contributed by atoms with Gasteiger partial charge >= 0.3 is 12.7 Å². The number of hydrogen-bond donors (Lipinski definition) is 1. The molecule has 0 unspecified atom stereocenters. The van der Waals surface area contributed by atoms with Gasteiger partial charge in [0.1, 0.15) is 11.4 Å². The molecule has 6 nitrogen and oxygen atoms in total. The Bertz CT molecular complexity index is 831. The van der Waals surface area contributed by atoms with Gasteiger partial charge in [-0.1, -0.05) is 12.1 Å². The molecule has 0 saturated carbocycles. The summed E-state index contributed by atoms with van der Waals surface area (Å²) in [6.07, 6.45) is -0.576. The molecule has 0 heterocycles. The van der Waals surface area contributed by atoms with E-state index in [0.717, 1.165) is 5.56 Å². The molecule has 156 valence electrons. The number of amides is 2. The summed E-state index contributed by atoms with van der Waals surface area (Å²) in [5.41, 5.74) is 1.12. The minimum absolute atomic E-state index is 0.0609. The summed E-state index contributed by atoms with van der Waals surface area (Å²) in [6, 6.07) is 12.5. The fourth-order valence-electron chi connectivity index (χ4n) is 2.46. The molecule has 0 aliphatic carbocycles. The van der Waals surface area contributed by atoms with Crippen LogP contribution in [0.5, 0.6) is 5.75 Å². The van der Waals surface area contributed by atoms with Gasteiger partial charge < -0.3 is 14.4 Å². The van der Waals surface area contributed by atoms with Gasteiger partial charge in [0.25, 0.3) is 5.91 Å². The van der Waals surface area contributed by atoms with Gasteiger partial charge in [0.15, 0.2) is 0 Å². The molecule has 0 bridgehead atoms. The molecule has 0 spiro atoms. The van der Waals surface area contributed by atoms with Crippen molar-refractivity contribution in [3.05, 3.63) is 59.7 Å². The molecule has 2 aromatic carbocycles. The number of halogens is 2. The van der Waals surface area contributed by atoms with Crippen molar-refractivity contribution in [2.45, 2.75) is 39.5 Å². The average Bonchev–Trinajstić information content (AvgIpc) is 2.61. The van der Waals surface area contributed by atoms with Crippen LogP contribution in [0.1, 0.15) is 36.7 Å². The van der Waals surface area contributed by atoms with Crippen LogP contribution in [0.3, 0.4) is 0 Å². The number of carbonyl (C=O) groups excluding carboxylic acids is 2. The highest BCUT2D eigenvalue weighted by Gasteiger charge is 2.17. The third-order valence-electron chi connectivity index (χ3n) is 3.69. The lowest BCUT2D eigenvalue weighted by atomic mass is 10.1. The number of benzene rings is 2. The molecule has 2 amide bonds. The molecule has 29 heavy (non-hydrogen) atoms. The Morgan fingerprint density at radius 2 is 1.62 bits per heavy atom. The first kappa shape index (κ1) is 22.1. The summed E-state index contributed by atoms with van der Waals surface area (Å²) in [5.74, 6) is -0.160. The van der Waals surface area contributed by atoms with E-state index in [4.69, 9.17) is 4.74 Å². The Morgan fingerprint density at radius 1 is 1.03 bits per heavy atom. The molecule has 8 heteroatoms. The summed E-state index contributed by atoms with van der Waals surface area (Å²) in [7, 11) is 1.64. The lowest BCUT2D eigenvalue weighted by Crippen LogP contribution is -2.27. The van der Waals surface area contributed by atoms with E-state index in [-0.39, 0.29) is 11.7 Å². The van der Waals surface area contributed by atoms with E-state index in [1.165, 1.54) is 17.0 Å². The number of nitrogens with zero attached hydrogens (tertiary/aromatic N) is 1. The van der Waals surface area contributed by atoms with Gasteiger partial charge in [-0.3, -0.25) is 10.1 Å². The van der Waals surface area contributed by atoms with Crippen molar-refractivity contribution in [1.82, 2.24) is 4.90 Å². The van der Waals surface area contributed by atoms with Crippen molar-refractivity contribution < 1.29 is 27.8 Å². The Kier molecular flexibility index (Phi) is 7.14. The molecule has 0 fully saturated rings. The minimum atomic E-state index is -2.88. The fourth-order valence-corrected chi connectivity index (χ4v) is 2.46. The zero-order valence-electron chi connectivity index (χ0n) is 16.7. The Labute approximate surface area is 168 Å². The number of ether oxygens (including phenoxy) is 2. The van der Waals surface area contributed by atoms with Gasteiger partial charge in [-0.15, -0.1) is 0 Å². The van der Waals surface area contributed by atoms with Gasteiger partial charge in [-0.25, -0.2) is 4.79 Å². The number of anilines is 1. The van der Waals surface area contributed by atoms with Crippen molar-refractivity contribution in [3.63, 3.8) is 0 Å². The van der Waals surface area contributed by atoms with Gasteiger partial charge in [0, 0.05) is 24.8 Å². The molecule has 0 radical (unpaired) electrons. The van der Waals surface area contributed by atoms with Crippen LogP contribution in [-0.2, 0) is 11.3 Å². The van der Waals surface area contributed by atoms with Gasteiger partial charge in [-0.05, 0) is 62.7 Å². The van der Waals surface area contributed by atoms with E-state index in [1.807, 2.05) is 0 Å². The monoisotopic (exact) mass is 406 g/mol. The van der Waals surface area contributed by atoms with Crippen molar-refractivity contribution >= 4 is 17.7 Å². The van der Waals surface area contributed by atoms with Crippen LogP contribution in [0.25, 0.3) is 0 Å². The predicted octanol–water partition coefficient (Wildman–Crippen LogP) is 4.91. The molecular weight excluding hydrogens is 382 g/mol. The van der Waals surface area contributed by atoms with Crippen LogP contribution in [-0.4, -0.2) is 36.2 Å². The second-order valence-corrected chi connectivity index (χ2v) is 7.39. The van der Waals surface area contributed by atoms with Crippen molar-refractivity contribution in [3.8, 4) is 5.75 Å². The van der Waals surface area contributed by atoms with Gasteiger partial charge in [-0.2, -0.15) is 8.78 Å². The zero-order chi connectivity index (χ0) is 21.6. The Morgan fingerprint density at radius 3 is 2.14 bits per heavy atom. The fraction of sp³-hybridized carbons (Fsp3) is 0.333. The second kappa shape index (κ2) is 9.36. The maximum absolute atomic E-state index is 12.6. The molecule has 0 aliphatic heterocycles. The SMILES string of the molecule is CN(Cc1ccc(OC(F)F)cc1)C(=O)c1ccc(NC(=O)OC(C)(C)C)cc1. The molecule has 2 aromatic rings. The minimum Gasteiger partial charge on any atom is -0.444 e. The lowest BCUT2D eigenvalue weighted by Gasteiger charge is -2.20. The summed E-state index contributed by atoms with van der Waals surface area (Å²) in [4.78, 5) is 25.9. The van der Waals surface area contributed by atoms with E-state index in [9.17, 15) is 18.4 Å². The number of hydrogen-bond acceptors (Lipinski definition) is 4. The summed E-state index contributed by atoms with van der Waals surface area (Å²) >= 11 is 0. The maximum atomic E-state index is 12.6. The van der Waals surface area contributed by atoms with E-state index in [0.29, 0.717) is 17.8 Å². The maximum Gasteiger partial charge on any atom is 0.412 e. The van der Waals surface area contributed by atoms with Crippen LogP contribution in [0.2, 0.25) is 0 Å². The molecule has 1 N–H and O–H groups in total. The summed E-state index contributed by atoms with van der Waals surface area (Å²) in [5, 5.41) is 2.60. The third-order valence-corrected chi connectivity index (χ3v) is 3.69. The third kappa shape index (κ3) is 7.40. The normalized spacial score (nSPS) is 11.1. The zero-order valence-corrected chi connectivity index (χ0v) is 16.7. The van der Waals surface area contributed by atoms with Gasteiger partial charge in [0.05, 0.1) is 0 Å². The lowest BCUT2D eigenvalue weighted by molar-refractivity contribution is -0.0498. The quantitative estimate of drug-likeness (QED) is 0.740. The average molecular weight is 406 g/mol. The molecule has 2 rings (SSSR count). The van der Waals surface area contributed by atoms with Crippen molar-refractivity contribution in [2.75, 3.05) is 12.4 Å². The molecule has 0 atom stereocenters. The molecular formula is C21H24F2N2O4. The highest BCUT2D eigenvalue weighted by molar-refractivity contribution is 5.95. The summed E-state index contributed by atoms with van der Waals surface area (Å²) in [6.45, 7) is 2.72. The second-order valence-electron chi connectivity index (χ2n) is 7.39. The topological polar surface area (TPSA) is 67.9 Å². The van der Waals surface area contributed by atoms with Crippen molar-refractivity contribution in [2.24, 2.45) is 0 Å². The first-order chi connectivity index (χ1) is 13.5. The Balaban J connectivity index is 1.94. The van der Waals surface area contributed by atoms with E-state index < -0.39 is 18.3 Å². The number of nitrogens with one attached hydrogen (secondary N) is 1. The smallest absolute Gasteiger partial charge is 0.412 e. The number of carbonyl (C=O) groups is 2. The van der Waals surface area contributed by atoms with E-state index in [2.05, 4.69) is 10.1 Å². The van der Waals surface area contributed by atoms with E-state index in [1.54, 1.807) is 64.2 Å². The molecule has 0 aromatic heterocycles. The summed E-state index contributed by atoms with van der Waals surface area (Å²) < 4.78 is 33.9. The van der Waals surface area contributed by atoms with Crippen molar-refractivity contribution in [1.29, 1.82) is 0 Å². The van der Waals surface area contributed by atoms with Gasteiger partial charge in [0.2, 0.25) is 0 Å². The molecule has 0 aliphatic rings. The highest BCUT2D eigenvalue weighted by Crippen LogP contribution is 2.17. The molecule has 0 saturated heterocycles. The Hall–Kier alpha value is -3.16. The van der Waals surface area contributed by atoms with Crippen LogP contribution in [0.4, 0.5) is 19.3 Å². The van der Waals surface area contributed by atoms with E-state index >= 15 is 0 Å². The standard InChI is InChI=1S/C21H24F2N2O4/c1-21(2,3)29-20(27)24-16-9-7-15(8-10-16)18(26)25(4)13-14-5-11-17(12-6-14)28-19(22)23/h5-12,19H,13H2,1-4H3,(H,24,27). The van der Waals surface area contributed by atoms with Crippen LogP contribution in [0, 0.1) is 0 Å². The number of rotatable bonds is 6. The first-order valence-corrected chi connectivity index (χ1v) is 8.93. The predicted molar refractivity (Wildman–Crippen MR) is 105 cm³/mol. The van der Waals surface area contributed by atoms with Crippen LogP contribution in [0.15, 0.2) is 48.5 Å². The highest BCUT2D eigenvalue weighted by atomic mass is 19.3.